The second-order valence-corrected chi connectivity index (χ2v) is 6.47. The van der Waals surface area contributed by atoms with Crippen molar-refractivity contribution in [3.8, 4) is 0 Å². The number of carbonyl (C=O) groups excluding carboxylic acids is 4. The molecular weight excluding hydrogens is 324 g/mol. The van der Waals surface area contributed by atoms with E-state index in [9.17, 15) is 19.2 Å². The van der Waals surface area contributed by atoms with E-state index in [1.807, 2.05) is 0 Å². The molecule has 0 fully saturated rings. The minimum Gasteiger partial charge on any atom is -0.356 e. The van der Waals surface area contributed by atoms with Crippen molar-refractivity contribution in [3.05, 3.63) is 0 Å². The second kappa shape index (κ2) is 12.4. The van der Waals surface area contributed by atoms with E-state index in [2.05, 4.69) is 16.0 Å². The number of rotatable bonds is 12. The summed E-state index contributed by atoms with van der Waals surface area (Å²) >= 11 is 0. The Morgan fingerprint density at radius 3 is 2.20 bits per heavy atom. The van der Waals surface area contributed by atoms with Crippen LogP contribution in [0.25, 0.3) is 0 Å². The summed E-state index contributed by atoms with van der Waals surface area (Å²) in [5.41, 5.74) is 5.87. The molecule has 0 radical (unpaired) electrons. The third-order valence-electron chi connectivity index (χ3n) is 3.74. The van der Waals surface area contributed by atoms with Crippen molar-refractivity contribution in [3.63, 3.8) is 0 Å². The molecule has 0 aromatic rings. The molecule has 0 aliphatic heterocycles. The first-order chi connectivity index (χ1) is 11.7. The lowest BCUT2D eigenvalue weighted by Gasteiger charge is -2.24. The lowest BCUT2D eigenvalue weighted by Crippen LogP contribution is -2.55. The van der Waals surface area contributed by atoms with Crippen LogP contribution in [0, 0.1) is 5.92 Å². The Kier molecular flexibility index (Phi) is 11.4. The van der Waals surface area contributed by atoms with Crippen molar-refractivity contribution >= 4 is 24.0 Å². The van der Waals surface area contributed by atoms with Gasteiger partial charge in [0.15, 0.2) is 0 Å². The first kappa shape index (κ1) is 23.0. The second-order valence-electron chi connectivity index (χ2n) is 6.47. The number of nitrogens with two attached hydrogens (primary N) is 1. The molecule has 25 heavy (non-hydrogen) atoms. The Hall–Kier alpha value is -1.96. The Morgan fingerprint density at radius 2 is 1.68 bits per heavy atom. The SMILES string of the molecule is CCC(=O)NCCCCC(N)C(=O)NC(C(=O)N[C@@H](C)C=O)C(C)C. The Morgan fingerprint density at radius 1 is 1.04 bits per heavy atom. The summed E-state index contributed by atoms with van der Waals surface area (Å²) in [6, 6.07) is -2.08. The monoisotopic (exact) mass is 356 g/mol. The molecule has 0 saturated carbocycles. The molecule has 0 aliphatic rings. The topological polar surface area (TPSA) is 130 Å². The summed E-state index contributed by atoms with van der Waals surface area (Å²) in [5.74, 6) is -0.945. The number of nitrogens with one attached hydrogen (secondary N) is 3. The van der Waals surface area contributed by atoms with Gasteiger partial charge in [0, 0.05) is 13.0 Å². The molecule has 0 aromatic carbocycles. The first-order valence-electron chi connectivity index (χ1n) is 8.81. The van der Waals surface area contributed by atoms with Gasteiger partial charge in [0.1, 0.15) is 12.3 Å². The average molecular weight is 356 g/mol. The molecule has 3 amide bonds. The fraction of sp³-hybridized carbons (Fsp3) is 0.765. The first-order valence-corrected chi connectivity index (χ1v) is 8.81. The van der Waals surface area contributed by atoms with Crippen molar-refractivity contribution < 1.29 is 19.2 Å². The predicted molar refractivity (Wildman–Crippen MR) is 95.6 cm³/mol. The molecule has 0 rings (SSSR count). The van der Waals surface area contributed by atoms with E-state index in [-0.39, 0.29) is 11.8 Å². The fourth-order valence-corrected chi connectivity index (χ4v) is 2.12. The Bertz CT molecular complexity index is 454. The minimum absolute atomic E-state index is 0.00242. The number of unbranched alkanes of at least 4 members (excludes halogenated alkanes) is 1. The molecule has 0 aromatic heterocycles. The number of aldehydes is 1. The van der Waals surface area contributed by atoms with Crippen LogP contribution in [0.15, 0.2) is 0 Å². The van der Waals surface area contributed by atoms with Gasteiger partial charge in [0.2, 0.25) is 17.7 Å². The molecule has 144 valence electrons. The molecule has 2 unspecified atom stereocenters. The maximum absolute atomic E-state index is 12.2. The smallest absolute Gasteiger partial charge is 0.243 e. The van der Waals surface area contributed by atoms with E-state index in [0.29, 0.717) is 32.1 Å². The van der Waals surface area contributed by atoms with Crippen LogP contribution in [-0.4, -0.2) is 48.7 Å². The summed E-state index contributed by atoms with van der Waals surface area (Å²) < 4.78 is 0. The Labute approximate surface area is 149 Å². The summed E-state index contributed by atoms with van der Waals surface area (Å²) in [6.45, 7) is 7.51. The van der Waals surface area contributed by atoms with Crippen molar-refractivity contribution in [2.24, 2.45) is 11.7 Å². The molecular formula is C17H32N4O4. The number of carbonyl (C=O) groups is 4. The standard InChI is InChI=1S/C17H32N4O4/c1-5-14(23)19-9-7-6-8-13(18)16(24)21-15(11(2)3)17(25)20-12(4)10-22/h10-13,15H,5-9,18H2,1-4H3,(H,19,23)(H,20,25)(H,21,24)/t12-,13?,15?/m0/s1. The van der Waals surface area contributed by atoms with Gasteiger partial charge in [-0.25, -0.2) is 0 Å². The van der Waals surface area contributed by atoms with Crippen LogP contribution in [0.1, 0.15) is 53.4 Å². The van der Waals surface area contributed by atoms with Crippen LogP contribution in [0.5, 0.6) is 0 Å². The van der Waals surface area contributed by atoms with E-state index in [1.165, 1.54) is 0 Å². The van der Waals surface area contributed by atoms with Crippen molar-refractivity contribution in [2.45, 2.75) is 71.5 Å². The lowest BCUT2D eigenvalue weighted by atomic mass is 10.0. The van der Waals surface area contributed by atoms with E-state index < -0.39 is 29.9 Å². The van der Waals surface area contributed by atoms with E-state index in [0.717, 1.165) is 6.42 Å². The lowest BCUT2D eigenvalue weighted by molar-refractivity contribution is -0.131. The molecule has 0 heterocycles. The van der Waals surface area contributed by atoms with Crippen molar-refractivity contribution in [2.75, 3.05) is 6.54 Å². The third-order valence-corrected chi connectivity index (χ3v) is 3.74. The van der Waals surface area contributed by atoms with Gasteiger partial charge < -0.3 is 26.5 Å². The van der Waals surface area contributed by atoms with Gasteiger partial charge in [-0.3, -0.25) is 14.4 Å². The maximum Gasteiger partial charge on any atom is 0.243 e. The highest BCUT2D eigenvalue weighted by molar-refractivity contribution is 5.90. The van der Waals surface area contributed by atoms with E-state index >= 15 is 0 Å². The van der Waals surface area contributed by atoms with Crippen LogP contribution in [0.4, 0.5) is 0 Å². The van der Waals surface area contributed by atoms with E-state index in [4.69, 9.17) is 5.73 Å². The summed E-state index contributed by atoms with van der Waals surface area (Å²) in [5, 5.41) is 7.94. The summed E-state index contributed by atoms with van der Waals surface area (Å²) in [6.07, 6.45) is 2.96. The number of hydrogen-bond donors (Lipinski definition) is 4. The largest absolute Gasteiger partial charge is 0.356 e. The van der Waals surface area contributed by atoms with Gasteiger partial charge in [-0.15, -0.1) is 0 Å². The predicted octanol–water partition coefficient (Wildman–Crippen LogP) is -0.145. The van der Waals surface area contributed by atoms with Crippen molar-refractivity contribution in [1.82, 2.24) is 16.0 Å². The zero-order chi connectivity index (χ0) is 19.4. The highest BCUT2D eigenvalue weighted by Crippen LogP contribution is 2.05. The normalized spacial score (nSPS) is 14.3. The molecule has 0 bridgehead atoms. The summed E-state index contributed by atoms with van der Waals surface area (Å²) in [7, 11) is 0. The van der Waals surface area contributed by atoms with Gasteiger partial charge >= 0.3 is 0 Å². The highest BCUT2D eigenvalue weighted by Gasteiger charge is 2.27. The number of hydrogen-bond acceptors (Lipinski definition) is 5. The average Bonchev–Trinajstić information content (AvgIpc) is 2.57. The zero-order valence-corrected chi connectivity index (χ0v) is 15.6. The molecule has 0 saturated heterocycles. The van der Waals surface area contributed by atoms with E-state index in [1.54, 1.807) is 27.7 Å². The van der Waals surface area contributed by atoms with Crippen molar-refractivity contribution in [1.29, 1.82) is 0 Å². The molecule has 3 atom stereocenters. The molecule has 0 aliphatic carbocycles. The number of amides is 3. The van der Waals surface area contributed by atoms with Crippen LogP contribution in [0.2, 0.25) is 0 Å². The van der Waals surface area contributed by atoms with Gasteiger partial charge in [-0.1, -0.05) is 20.8 Å². The van der Waals surface area contributed by atoms with Gasteiger partial charge in [0.05, 0.1) is 12.1 Å². The zero-order valence-electron chi connectivity index (χ0n) is 15.6. The van der Waals surface area contributed by atoms with Crippen LogP contribution < -0.4 is 21.7 Å². The quantitative estimate of drug-likeness (QED) is 0.285. The minimum atomic E-state index is -0.746. The molecule has 8 heteroatoms. The molecule has 8 nitrogen and oxygen atoms in total. The van der Waals surface area contributed by atoms with Crippen LogP contribution >= 0.6 is 0 Å². The highest BCUT2D eigenvalue weighted by atomic mass is 16.2. The summed E-state index contributed by atoms with van der Waals surface area (Å²) in [4.78, 5) is 46.1. The van der Waals surface area contributed by atoms with Crippen LogP contribution in [-0.2, 0) is 19.2 Å². The van der Waals surface area contributed by atoms with Crippen LogP contribution in [0.3, 0.4) is 0 Å². The third kappa shape index (κ3) is 9.81. The molecule has 5 N–H and O–H groups in total. The Balaban J connectivity index is 4.33. The fourth-order valence-electron chi connectivity index (χ4n) is 2.12. The van der Waals surface area contributed by atoms with Gasteiger partial charge in [0.25, 0.3) is 0 Å². The maximum atomic E-state index is 12.2. The molecule has 0 spiro atoms. The van der Waals surface area contributed by atoms with Gasteiger partial charge in [-0.05, 0) is 32.1 Å². The van der Waals surface area contributed by atoms with Gasteiger partial charge in [-0.2, -0.15) is 0 Å².